The van der Waals surface area contributed by atoms with E-state index in [0.717, 1.165) is 25.7 Å². The number of benzene rings is 1. The Morgan fingerprint density at radius 3 is 2.48 bits per heavy atom. The van der Waals surface area contributed by atoms with Crippen LogP contribution < -0.4 is 0 Å². The monoisotopic (exact) mass is 452 g/mol. The molecule has 0 spiro atoms. The smallest absolute Gasteiger partial charge is 0.338 e. The summed E-state index contributed by atoms with van der Waals surface area (Å²) in [6.07, 6.45) is 6.62. The van der Waals surface area contributed by atoms with Gasteiger partial charge in [0.05, 0.1) is 11.7 Å². The zero-order valence-corrected chi connectivity index (χ0v) is 19.9. The third-order valence-electron chi connectivity index (χ3n) is 10.1. The summed E-state index contributed by atoms with van der Waals surface area (Å²) in [7, 11) is 0. The van der Waals surface area contributed by atoms with Crippen molar-refractivity contribution >= 4 is 11.8 Å². The molecule has 0 amide bonds. The van der Waals surface area contributed by atoms with Crippen molar-refractivity contribution in [2.45, 2.75) is 83.5 Å². The lowest BCUT2D eigenvalue weighted by atomic mass is 9.46. The van der Waals surface area contributed by atoms with Crippen LogP contribution in [0.4, 0.5) is 0 Å². The van der Waals surface area contributed by atoms with Crippen LogP contribution in [0.1, 0.15) is 76.1 Å². The van der Waals surface area contributed by atoms with Crippen LogP contribution in [0, 0.1) is 28.6 Å². The molecule has 3 saturated carbocycles. The van der Waals surface area contributed by atoms with Gasteiger partial charge in [-0.1, -0.05) is 43.7 Å². The van der Waals surface area contributed by atoms with Crippen molar-refractivity contribution in [2.75, 3.05) is 0 Å². The maximum absolute atomic E-state index is 13.2. The van der Waals surface area contributed by atoms with E-state index >= 15 is 0 Å². The number of esters is 1. The Hall–Kier alpha value is -1.98. The SMILES string of the molecule is CC(=O)C1(O)CCC2C3CC=C4CC(O)CCC4(C)C3CC(OC(=O)c3ccccc3)C21C. The minimum Gasteiger partial charge on any atom is -0.458 e. The molecular weight excluding hydrogens is 416 g/mol. The molecule has 0 aliphatic heterocycles. The van der Waals surface area contributed by atoms with Gasteiger partial charge < -0.3 is 14.9 Å². The molecule has 33 heavy (non-hydrogen) atoms. The fourth-order valence-corrected chi connectivity index (χ4v) is 8.13. The van der Waals surface area contributed by atoms with Gasteiger partial charge in [0, 0.05) is 5.41 Å². The topological polar surface area (TPSA) is 83.8 Å². The first-order chi connectivity index (χ1) is 15.6. The number of ether oxygens (including phenoxy) is 1. The normalized spacial score (nSPS) is 44.2. The van der Waals surface area contributed by atoms with Crippen LogP contribution in [0.3, 0.4) is 0 Å². The molecule has 0 bridgehead atoms. The molecule has 0 aromatic heterocycles. The zero-order valence-electron chi connectivity index (χ0n) is 19.9. The summed E-state index contributed by atoms with van der Waals surface area (Å²) in [5.74, 6) is 0.101. The molecule has 4 aliphatic rings. The number of aliphatic hydroxyl groups is 2. The van der Waals surface area contributed by atoms with E-state index in [0.29, 0.717) is 36.7 Å². The third kappa shape index (κ3) is 3.19. The van der Waals surface area contributed by atoms with Crippen molar-refractivity contribution < 1.29 is 24.5 Å². The van der Waals surface area contributed by atoms with E-state index in [2.05, 4.69) is 13.0 Å². The molecule has 0 heterocycles. The van der Waals surface area contributed by atoms with E-state index in [9.17, 15) is 19.8 Å². The number of fused-ring (bicyclic) bond motifs is 5. The number of ketones is 1. The highest BCUT2D eigenvalue weighted by Crippen LogP contribution is 2.67. The molecule has 3 fully saturated rings. The maximum atomic E-state index is 13.2. The number of allylic oxidation sites excluding steroid dienone is 1. The van der Waals surface area contributed by atoms with E-state index in [-0.39, 0.29) is 23.2 Å². The number of Topliss-reactive ketones (excluding diaryl/α,β-unsaturated/α-hetero) is 1. The standard InChI is InChI=1S/C28H36O5/c1-17(29)28(32)14-12-22-21-10-9-19-15-20(30)11-13-26(19,2)23(21)16-24(27(22,28)3)33-25(31)18-7-5-4-6-8-18/h4-9,20-24,30,32H,10-16H2,1-3H3. The summed E-state index contributed by atoms with van der Waals surface area (Å²) in [6, 6.07) is 8.97. The number of aliphatic hydroxyl groups excluding tert-OH is 1. The minimum atomic E-state index is -1.49. The highest BCUT2D eigenvalue weighted by molar-refractivity contribution is 5.90. The first kappa shape index (κ1) is 22.8. The zero-order chi connectivity index (χ0) is 23.6. The van der Waals surface area contributed by atoms with Gasteiger partial charge in [0.25, 0.3) is 0 Å². The van der Waals surface area contributed by atoms with E-state index in [1.165, 1.54) is 12.5 Å². The van der Waals surface area contributed by atoms with Gasteiger partial charge in [-0.15, -0.1) is 0 Å². The molecule has 0 radical (unpaired) electrons. The lowest BCUT2D eigenvalue weighted by Gasteiger charge is -2.60. The van der Waals surface area contributed by atoms with Gasteiger partial charge >= 0.3 is 5.97 Å². The average molecular weight is 453 g/mol. The van der Waals surface area contributed by atoms with Crippen molar-refractivity contribution in [1.82, 2.24) is 0 Å². The lowest BCUT2D eigenvalue weighted by molar-refractivity contribution is -0.191. The molecule has 178 valence electrons. The molecule has 5 rings (SSSR count). The van der Waals surface area contributed by atoms with Crippen molar-refractivity contribution in [3.8, 4) is 0 Å². The quantitative estimate of drug-likeness (QED) is 0.522. The number of carbonyl (C=O) groups is 2. The summed E-state index contributed by atoms with van der Waals surface area (Å²) in [4.78, 5) is 25.9. The van der Waals surface area contributed by atoms with Gasteiger partial charge in [0.2, 0.25) is 0 Å². The third-order valence-corrected chi connectivity index (χ3v) is 10.1. The van der Waals surface area contributed by atoms with Gasteiger partial charge in [-0.05, 0) is 87.2 Å². The van der Waals surface area contributed by atoms with Crippen molar-refractivity contribution in [3.63, 3.8) is 0 Å². The van der Waals surface area contributed by atoms with E-state index in [1.807, 2.05) is 25.1 Å². The highest BCUT2D eigenvalue weighted by atomic mass is 16.5. The Morgan fingerprint density at radius 1 is 1.06 bits per heavy atom. The largest absolute Gasteiger partial charge is 0.458 e. The van der Waals surface area contributed by atoms with Crippen LogP contribution in [-0.2, 0) is 9.53 Å². The number of hydrogen-bond donors (Lipinski definition) is 2. The second kappa shape index (κ2) is 7.78. The van der Waals surface area contributed by atoms with E-state index < -0.39 is 23.1 Å². The lowest BCUT2D eigenvalue weighted by Crippen LogP contribution is -2.63. The van der Waals surface area contributed by atoms with Crippen LogP contribution in [0.25, 0.3) is 0 Å². The molecule has 5 heteroatoms. The van der Waals surface area contributed by atoms with Crippen molar-refractivity contribution in [1.29, 1.82) is 0 Å². The van der Waals surface area contributed by atoms with Crippen LogP contribution in [0.2, 0.25) is 0 Å². The molecule has 1 aromatic carbocycles. The van der Waals surface area contributed by atoms with Crippen LogP contribution in [0.15, 0.2) is 42.0 Å². The Bertz CT molecular complexity index is 985. The number of rotatable bonds is 3. The van der Waals surface area contributed by atoms with E-state index in [1.54, 1.807) is 12.1 Å². The first-order valence-corrected chi connectivity index (χ1v) is 12.5. The molecule has 5 nitrogen and oxygen atoms in total. The second-order valence-electron chi connectivity index (χ2n) is 11.4. The van der Waals surface area contributed by atoms with Gasteiger partial charge in [0.15, 0.2) is 5.78 Å². The second-order valence-corrected chi connectivity index (χ2v) is 11.4. The minimum absolute atomic E-state index is 0.0438. The van der Waals surface area contributed by atoms with Crippen LogP contribution in [-0.4, -0.2) is 39.8 Å². The van der Waals surface area contributed by atoms with Gasteiger partial charge in [-0.2, -0.15) is 0 Å². The molecule has 0 saturated heterocycles. The fourth-order valence-electron chi connectivity index (χ4n) is 8.13. The molecular formula is C28H36O5. The van der Waals surface area contributed by atoms with Gasteiger partial charge in [-0.25, -0.2) is 4.79 Å². The number of hydrogen-bond acceptors (Lipinski definition) is 5. The summed E-state index contributed by atoms with van der Waals surface area (Å²) in [5, 5.41) is 22.0. The fraction of sp³-hybridized carbons (Fsp3) is 0.643. The first-order valence-electron chi connectivity index (χ1n) is 12.5. The van der Waals surface area contributed by atoms with Gasteiger partial charge in [-0.3, -0.25) is 4.79 Å². The van der Waals surface area contributed by atoms with Crippen molar-refractivity contribution in [3.05, 3.63) is 47.5 Å². The summed E-state index contributed by atoms with van der Waals surface area (Å²) >= 11 is 0. The van der Waals surface area contributed by atoms with Crippen LogP contribution >= 0.6 is 0 Å². The predicted octanol–water partition coefficient (Wildman–Crippen LogP) is 4.47. The molecule has 2 N–H and O–H groups in total. The Labute approximate surface area is 196 Å². The average Bonchev–Trinajstić information content (AvgIpc) is 3.08. The summed E-state index contributed by atoms with van der Waals surface area (Å²) in [5.41, 5.74) is -0.532. The number of carbonyl (C=O) groups excluding carboxylic acids is 2. The molecule has 4 aliphatic carbocycles. The highest BCUT2D eigenvalue weighted by Gasteiger charge is 2.70. The Balaban J connectivity index is 1.56. The molecule has 1 aromatic rings. The maximum Gasteiger partial charge on any atom is 0.338 e. The summed E-state index contributed by atoms with van der Waals surface area (Å²) < 4.78 is 6.21. The molecule has 8 atom stereocenters. The molecule has 8 unspecified atom stereocenters. The predicted molar refractivity (Wildman–Crippen MR) is 124 cm³/mol. The van der Waals surface area contributed by atoms with Crippen molar-refractivity contribution in [2.24, 2.45) is 28.6 Å². The van der Waals surface area contributed by atoms with Gasteiger partial charge in [0.1, 0.15) is 11.7 Å². The Kier molecular flexibility index (Phi) is 5.37. The van der Waals surface area contributed by atoms with Crippen LogP contribution in [0.5, 0.6) is 0 Å². The van der Waals surface area contributed by atoms with E-state index in [4.69, 9.17) is 4.74 Å². The summed E-state index contributed by atoms with van der Waals surface area (Å²) in [6.45, 7) is 5.77. The Morgan fingerprint density at radius 2 is 1.79 bits per heavy atom.